The van der Waals surface area contributed by atoms with Gasteiger partial charge in [0, 0.05) is 6.04 Å². The van der Waals surface area contributed by atoms with Crippen LogP contribution in [0.2, 0.25) is 0 Å². The van der Waals surface area contributed by atoms with Crippen molar-refractivity contribution in [2.75, 3.05) is 13.2 Å². The van der Waals surface area contributed by atoms with Crippen LogP contribution in [0.5, 0.6) is 0 Å². The minimum Gasteiger partial charge on any atom is -0.395 e. The Hall–Kier alpha value is -0.120. The van der Waals surface area contributed by atoms with Crippen molar-refractivity contribution in [1.82, 2.24) is 5.32 Å². The second kappa shape index (κ2) is 4.80. The van der Waals surface area contributed by atoms with Crippen molar-refractivity contribution >= 4 is 0 Å². The van der Waals surface area contributed by atoms with E-state index in [0.717, 1.165) is 0 Å². The van der Waals surface area contributed by atoms with Crippen LogP contribution in [0.1, 0.15) is 26.2 Å². The van der Waals surface area contributed by atoms with Crippen LogP contribution in [-0.2, 0) is 0 Å². The summed E-state index contributed by atoms with van der Waals surface area (Å²) in [5.74, 6) is 0.686. The Morgan fingerprint density at radius 1 is 1.33 bits per heavy atom. The first kappa shape index (κ1) is 9.96. The van der Waals surface area contributed by atoms with E-state index in [1.54, 1.807) is 0 Å². The summed E-state index contributed by atoms with van der Waals surface area (Å²) in [5.41, 5.74) is 0. The quantitative estimate of drug-likeness (QED) is 0.566. The molecule has 3 heteroatoms. The van der Waals surface area contributed by atoms with E-state index in [2.05, 4.69) is 12.2 Å². The molecule has 2 atom stereocenters. The first-order chi connectivity index (χ1) is 5.77. The lowest BCUT2D eigenvalue weighted by atomic mass is 10.1. The zero-order chi connectivity index (χ0) is 8.97. The lowest BCUT2D eigenvalue weighted by Gasteiger charge is -2.22. The molecule has 0 unspecified atom stereocenters. The Bertz CT molecular complexity index is 126. The summed E-state index contributed by atoms with van der Waals surface area (Å²) in [7, 11) is 0. The van der Waals surface area contributed by atoms with E-state index in [1.165, 1.54) is 19.3 Å². The molecule has 0 heterocycles. The summed E-state index contributed by atoms with van der Waals surface area (Å²) < 4.78 is 0. The summed E-state index contributed by atoms with van der Waals surface area (Å²) in [6, 6.07) is 0.366. The Morgan fingerprint density at radius 2 is 2.00 bits per heavy atom. The van der Waals surface area contributed by atoms with E-state index < -0.39 is 0 Å². The molecule has 0 aromatic carbocycles. The monoisotopic (exact) mass is 173 g/mol. The predicted octanol–water partition coefficient (Wildman–Crippen LogP) is 0.118. The number of aliphatic hydroxyl groups is 2. The molecule has 0 radical (unpaired) electrons. The van der Waals surface area contributed by atoms with E-state index in [1.807, 2.05) is 0 Å². The number of rotatable bonds is 4. The van der Waals surface area contributed by atoms with Gasteiger partial charge < -0.3 is 15.5 Å². The lowest BCUT2D eigenvalue weighted by molar-refractivity contribution is 0.157. The largest absolute Gasteiger partial charge is 0.395 e. The van der Waals surface area contributed by atoms with Crippen LogP contribution in [0.3, 0.4) is 0 Å². The van der Waals surface area contributed by atoms with Crippen LogP contribution in [0.15, 0.2) is 0 Å². The molecule has 0 bridgehead atoms. The number of nitrogens with one attached hydrogen (secondary N) is 1. The average molecular weight is 173 g/mol. The van der Waals surface area contributed by atoms with Crippen molar-refractivity contribution < 1.29 is 10.2 Å². The van der Waals surface area contributed by atoms with Gasteiger partial charge in [-0.3, -0.25) is 0 Å². The van der Waals surface area contributed by atoms with Crippen molar-refractivity contribution in [3.8, 4) is 0 Å². The standard InChI is InChI=1S/C9H19NO2/c1-7-3-2-4-9(7)10-8(5-11)6-12/h7-12H,2-6H2,1H3/t7-,9-/m1/s1. The third kappa shape index (κ3) is 2.44. The molecule has 1 rings (SSSR count). The van der Waals surface area contributed by atoms with Crippen molar-refractivity contribution in [3.63, 3.8) is 0 Å². The highest BCUT2D eigenvalue weighted by Gasteiger charge is 2.24. The van der Waals surface area contributed by atoms with Gasteiger partial charge in [-0.1, -0.05) is 13.3 Å². The Labute approximate surface area is 73.8 Å². The van der Waals surface area contributed by atoms with Crippen LogP contribution in [0.4, 0.5) is 0 Å². The summed E-state index contributed by atoms with van der Waals surface area (Å²) in [4.78, 5) is 0. The molecular weight excluding hydrogens is 154 g/mol. The highest BCUT2D eigenvalue weighted by Crippen LogP contribution is 2.24. The fourth-order valence-electron chi connectivity index (χ4n) is 1.86. The van der Waals surface area contributed by atoms with Crippen molar-refractivity contribution in [2.24, 2.45) is 5.92 Å². The van der Waals surface area contributed by atoms with E-state index in [0.29, 0.717) is 12.0 Å². The van der Waals surface area contributed by atoms with Crippen LogP contribution in [0.25, 0.3) is 0 Å². The Kier molecular flexibility index (Phi) is 3.98. The lowest BCUT2D eigenvalue weighted by Crippen LogP contribution is -2.43. The minimum absolute atomic E-state index is 0.0275. The van der Waals surface area contributed by atoms with Crippen molar-refractivity contribution in [3.05, 3.63) is 0 Å². The van der Waals surface area contributed by atoms with Gasteiger partial charge in [0.2, 0.25) is 0 Å². The number of hydrogen-bond donors (Lipinski definition) is 3. The first-order valence-electron chi connectivity index (χ1n) is 4.75. The van der Waals surface area contributed by atoms with Crippen LogP contribution in [-0.4, -0.2) is 35.5 Å². The fraction of sp³-hybridized carbons (Fsp3) is 1.00. The molecule has 12 heavy (non-hydrogen) atoms. The van der Waals surface area contributed by atoms with Gasteiger partial charge in [0.05, 0.1) is 19.3 Å². The average Bonchev–Trinajstić information content (AvgIpc) is 2.47. The second-order valence-corrected chi connectivity index (χ2v) is 3.74. The third-order valence-electron chi connectivity index (χ3n) is 2.75. The maximum Gasteiger partial charge on any atom is 0.0607 e. The van der Waals surface area contributed by atoms with Gasteiger partial charge >= 0.3 is 0 Å². The van der Waals surface area contributed by atoms with E-state index in [-0.39, 0.29) is 19.3 Å². The van der Waals surface area contributed by atoms with Gasteiger partial charge in [0.25, 0.3) is 0 Å². The maximum absolute atomic E-state index is 8.85. The zero-order valence-electron chi connectivity index (χ0n) is 7.66. The normalized spacial score (nSPS) is 30.0. The molecule has 0 aromatic rings. The van der Waals surface area contributed by atoms with Gasteiger partial charge in [-0.25, -0.2) is 0 Å². The third-order valence-corrected chi connectivity index (χ3v) is 2.75. The van der Waals surface area contributed by atoms with Gasteiger partial charge in [-0.05, 0) is 18.8 Å². The minimum atomic E-state index is -0.129. The predicted molar refractivity (Wildman–Crippen MR) is 47.9 cm³/mol. The Morgan fingerprint density at radius 3 is 2.42 bits per heavy atom. The molecule has 3 N–H and O–H groups in total. The van der Waals surface area contributed by atoms with Crippen LogP contribution >= 0.6 is 0 Å². The molecule has 0 saturated heterocycles. The first-order valence-corrected chi connectivity index (χ1v) is 4.75. The molecule has 72 valence electrons. The molecule has 1 aliphatic rings. The van der Waals surface area contributed by atoms with Gasteiger partial charge in [-0.2, -0.15) is 0 Å². The molecule has 0 aliphatic heterocycles. The summed E-state index contributed by atoms with van der Waals surface area (Å²) in [6.45, 7) is 2.27. The number of aliphatic hydroxyl groups excluding tert-OH is 2. The molecule has 1 fully saturated rings. The maximum atomic E-state index is 8.85. The SMILES string of the molecule is C[C@@H]1CCC[C@H]1NC(CO)CO. The van der Waals surface area contributed by atoms with Crippen LogP contribution in [0, 0.1) is 5.92 Å². The van der Waals surface area contributed by atoms with E-state index in [4.69, 9.17) is 10.2 Å². The second-order valence-electron chi connectivity index (χ2n) is 3.74. The summed E-state index contributed by atoms with van der Waals surface area (Å²) in [6.07, 6.45) is 3.71. The topological polar surface area (TPSA) is 52.5 Å². The van der Waals surface area contributed by atoms with E-state index >= 15 is 0 Å². The van der Waals surface area contributed by atoms with Crippen molar-refractivity contribution in [1.29, 1.82) is 0 Å². The van der Waals surface area contributed by atoms with Gasteiger partial charge in [0.1, 0.15) is 0 Å². The molecule has 0 amide bonds. The Balaban J connectivity index is 2.28. The van der Waals surface area contributed by atoms with Crippen LogP contribution < -0.4 is 5.32 Å². The number of hydrogen-bond acceptors (Lipinski definition) is 3. The zero-order valence-corrected chi connectivity index (χ0v) is 7.66. The highest BCUT2D eigenvalue weighted by molar-refractivity contribution is 4.82. The molecule has 3 nitrogen and oxygen atoms in total. The fourth-order valence-corrected chi connectivity index (χ4v) is 1.86. The molecule has 1 saturated carbocycles. The van der Waals surface area contributed by atoms with Gasteiger partial charge in [-0.15, -0.1) is 0 Å². The van der Waals surface area contributed by atoms with Gasteiger partial charge in [0.15, 0.2) is 0 Å². The van der Waals surface area contributed by atoms with Crippen molar-refractivity contribution in [2.45, 2.75) is 38.3 Å². The highest BCUT2D eigenvalue weighted by atomic mass is 16.3. The molecular formula is C9H19NO2. The molecule has 0 aromatic heterocycles. The summed E-state index contributed by atoms with van der Waals surface area (Å²) >= 11 is 0. The summed E-state index contributed by atoms with van der Waals surface area (Å²) in [5, 5.41) is 21.0. The molecule has 1 aliphatic carbocycles. The smallest absolute Gasteiger partial charge is 0.0607 e. The molecule has 0 spiro atoms. The van der Waals surface area contributed by atoms with E-state index in [9.17, 15) is 0 Å².